The van der Waals surface area contributed by atoms with Crippen molar-refractivity contribution < 1.29 is 4.42 Å². The van der Waals surface area contributed by atoms with Gasteiger partial charge in [-0.05, 0) is 37.6 Å². The van der Waals surface area contributed by atoms with Crippen LogP contribution in [-0.4, -0.2) is 24.1 Å². The molecule has 0 spiro atoms. The molecule has 0 saturated carbocycles. The molecule has 0 aliphatic rings. The summed E-state index contributed by atoms with van der Waals surface area (Å²) < 4.78 is 9.30. The fourth-order valence-corrected chi connectivity index (χ4v) is 4.16. The second-order valence-electron chi connectivity index (χ2n) is 7.93. The minimum Gasteiger partial charge on any atom is -0.467 e. The lowest BCUT2D eigenvalue weighted by molar-refractivity contribution is 0.498. The van der Waals surface area contributed by atoms with Gasteiger partial charge in [-0.15, -0.1) is 0 Å². The smallest absolute Gasteiger partial charge is 0.265 e. The van der Waals surface area contributed by atoms with Gasteiger partial charge in [-0.1, -0.05) is 38.3 Å². The average Bonchev–Trinajstić information content (AvgIpc) is 3.38. The van der Waals surface area contributed by atoms with Gasteiger partial charge in [-0.2, -0.15) is 0 Å². The molecule has 0 atom stereocenters. The number of para-hydroxylation sites is 2. The van der Waals surface area contributed by atoms with E-state index in [9.17, 15) is 4.79 Å². The third kappa shape index (κ3) is 3.40. The number of hydrogen-bond donors (Lipinski definition) is 0. The third-order valence-electron chi connectivity index (χ3n) is 5.77. The molecular formula is C24H25N5O2. The fraction of sp³-hybridized carbons (Fsp3) is 0.333. The lowest BCUT2D eigenvalue weighted by atomic mass is 10.2. The van der Waals surface area contributed by atoms with Crippen molar-refractivity contribution in [1.82, 2.24) is 24.1 Å². The molecular weight excluding hydrogens is 390 g/mol. The van der Waals surface area contributed by atoms with Gasteiger partial charge in [0, 0.05) is 6.54 Å². The molecule has 0 aliphatic carbocycles. The Bertz CT molecular complexity index is 1430. The van der Waals surface area contributed by atoms with Gasteiger partial charge in [-0.3, -0.25) is 9.36 Å². The molecule has 0 unspecified atom stereocenters. The highest BCUT2D eigenvalue weighted by Gasteiger charge is 2.21. The Morgan fingerprint density at radius 1 is 0.903 bits per heavy atom. The van der Waals surface area contributed by atoms with Gasteiger partial charge in [0.05, 0.1) is 23.8 Å². The van der Waals surface area contributed by atoms with Crippen LogP contribution in [0.15, 0.2) is 51.9 Å². The summed E-state index contributed by atoms with van der Waals surface area (Å²) >= 11 is 0. The highest BCUT2D eigenvalue weighted by molar-refractivity contribution is 6.04. The second kappa shape index (κ2) is 7.98. The molecule has 5 rings (SSSR count). The zero-order valence-electron chi connectivity index (χ0n) is 17.8. The largest absolute Gasteiger partial charge is 0.467 e. The maximum atomic E-state index is 13.6. The summed E-state index contributed by atoms with van der Waals surface area (Å²) in [6, 6.07) is 11.5. The van der Waals surface area contributed by atoms with E-state index in [0.29, 0.717) is 41.1 Å². The Labute approximate surface area is 179 Å². The summed E-state index contributed by atoms with van der Waals surface area (Å²) in [5.74, 6) is 1.49. The monoisotopic (exact) mass is 415 g/mol. The van der Waals surface area contributed by atoms with Gasteiger partial charge in [0.15, 0.2) is 11.3 Å². The topological polar surface area (TPSA) is 78.7 Å². The van der Waals surface area contributed by atoms with Gasteiger partial charge in [0.25, 0.3) is 5.56 Å². The minimum atomic E-state index is -0.0493. The molecule has 0 saturated heterocycles. The minimum absolute atomic E-state index is 0.0493. The first kappa shape index (κ1) is 19.5. The normalized spacial score (nSPS) is 11.8. The molecule has 0 N–H and O–H groups in total. The highest BCUT2D eigenvalue weighted by Crippen LogP contribution is 2.26. The van der Waals surface area contributed by atoms with Crippen LogP contribution in [-0.2, 0) is 13.1 Å². The molecule has 1 aromatic carbocycles. The van der Waals surface area contributed by atoms with Crippen molar-refractivity contribution in [3.05, 3.63) is 64.6 Å². The number of aryl methyl sites for hydroxylation is 1. The summed E-state index contributed by atoms with van der Waals surface area (Å²) in [6.45, 7) is 5.18. The zero-order chi connectivity index (χ0) is 21.4. The van der Waals surface area contributed by atoms with E-state index in [1.54, 1.807) is 10.8 Å². The Hall–Kier alpha value is -3.48. The standard InChI is InChI=1S/C24H25N5O2/c1-3-4-5-8-13-28-16(2)25-22-20(24(28)30)21-23(29(22)15-17-10-9-14-31-17)27-19-12-7-6-11-18(19)26-21/h6-7,9-12,14H,3-5,8,13,15H2,1-2H3. The molecule has 0 bridgehead atoms. The van der Waals surface area contributed by atoms with Crippen LogP contribution >= 0.6 is 0 Å². The average molecular weight is 415 g/mol. The van der Waals surface area contributed by atoms with E-state index in [0.717, 1.165) is 36.1 Å². The van der Waals surface area contributed by atoms with Crippen molar-refractivity contribution in [1.29, 1.82) is 0 Å². The van der Waals surface area contributed by atoms with Gasteiger partial charge < -0.3 is 8.98 Å². The first-order valence-electron chi connectivity index (χ1n) is 10.9. The zero-order valence-corrected chi connectivity index (χ0v) is 17.8. The molecule has 5 aromatic rings. The number of furan rings is 1. The number of aromatic nitrogens is 5. The van der Waals surface area contributed by atoms with E-state index in [1.165, 1.54) is 6.42 Å². The van der Waals surface area contributed by atoms with Gasteiger partial charge in [0.2, 0.25) is 0 Å². The first-order valence-corrected chi connectivity index (χ1v) is 10.9. The van der Waals surface area contributed by atoms with Crippen LogP contribution in [0.1, 0.15) is 44.2 Å². The van der Waals surface area contributed by atoms with Crippen molar-refractivity contribution in [2.45, 2.75) is 52.6 Å². The maximum Gasteiger partial charge on any atom is 0.265 e. The molecule has 0 amide bonds. The third-order valence-corrected chi connectivity index (χ3v) is 5.77. The molecule has 0 aliphatic heterocycles. The van der Waals surface area contributed by atoms with E-state index in [-0.39, 0.29) is 5.56 Å². The van der Waals surface area contributed by atoms with E-state index in [4.69, 9.17) is 19.4 Å². The van der Waals surface area contributed by atoms with Gasteiger partial charge >= 0.3 is 0 Å². The Balaban J connectivity index is 1.77. The Morgan fingerprint density at radius 3 is 2.45 bits per heavy atom. The number of unbranched alkanes of at least 4 members (excludes halogenated alkanes) is 3. The first-order chi connectivity index (χ1) is 15.2. The SMILES string of the molecule is CCCCCCn1c(C)nc2c(c1=O)c1nc3ccccc3nc1n2Cc1ccco1. The van der Waals surface area contributed by atoms with Crippen LogP contribution < -0.4 is 5.56 Å². The lowest BCUT2D eigenvalue weighted by Crippen LogP contribution is -2.24. The molecule has 0 radical (unpaired) electrons. The molecule has 158 valence electrons. The lowest BCUT2D eigenvalue weighted by Gasteiger charge is -2.10. The van der Waals surface area contributed by atoms with Crippen molar-refractivity contribution in [2.75, 3.05) is 0 Å². The van der Waals surface area contributed by atoms with Crippen LogP contribution in [0.5, 0.6) is 0 Å². The maximum absolute atomic E-state index is 13.6. The predicted octanol–water partition coefficient (Wildman–Crippen LogP) is 4.82. The van der Waals surface area contributed by atoms with E-state index in [1.807, 2.05) is 47.9 Å². The number of fused-ring (bicyclic) bond motifs is 4. The highest BCUT2D eigenvalue weighted by atomic mass is 16.3. The summed E-state index contributed by atoms with van der Waals surface area (Å²) in [5, 5.41) is 0.529. The van der Waals surface area contributed by atoms with Crippen LogP contribution in [0, 0.1) is 6.92 Å². The molecule has 0 fully saturated rings. The second-order valence-corrected chi connectivity index (χ2v) is 7.93. The summed E-state index contributed by atoms with van der Waals surface area (Å²) in [6.07, 6.45) is 6.04. The van der Waals surface area contributed by atoms with Crippen molar-refractivity contribution in [2.24, 2.45) is 0 Å². The van der Waals surface area contributed by atoms with Crippen LogP contribution in [0.3, 0.4) is 0 Å². The molecule has 31 heavy (non-hydrogen) atoms. The summed E-state index contributed by atoms with van der Waals surface area (Å²) in [5.41, 5.74) is 3.36. The van der Waals surface area contributed by atoms with Gasteiger partial charge in [-0.25, -0.2) is 15.0 Å². The van der Waals surface area contributed by atoms with Crippen LogP contribution in [0.4, 0.5) is 0 Å². The molecule has 4 aromatic heterocycles. The molecule has 7 nitrogen and oxygen atoms in total. The van der Waals surface area contributed by atoms with Crippen molar-refractivity contribution in [3.8, 4) is 0 Å². The fourth-order valence-electron chi connectivity index (χ4n) is 4.16. The Morgan fingerprint density at radius 2 is 1.71 bits per heavy atom. The van der Waals surface area contributed by atoms with Crippen LogP contribution in [0.2, 0.25) is 0 Å². The van der Waals surface area contributed by atoms with E-state index < -0.39 is 0 Å². The quantitative estimate of drug-likeness (QED) is 0.356. The number of nitrogens with zero attached hydrogens (tertiary/aromatic N) is 5. The van der Waals surface area contributed by atoms with E-state index in [2.05, 4.69) is 6.92 Å². The summed E-state index contributed by atoms with van der Waals surface area (Å²) in [4.78, 5) is 28.1. The number of hydrogen-bond acceptors (Lipinski definition) is 5. The predicted molar refractivity (Wildman–Crippen MR) is 121 cm³/mol. The Kier molecular flexibility index (Phi) is 5.02. The number of rotatable bonds is 7. The summed E-state index contributed by atoms with van der Waals surface area (Å²) in [7, 11) is 0. The number of benzene rings is 1. The van der Waals surface area contributed by atoms with Gasteiger partial charge in [0.1, 0.15) is 22.5 Å². The van der Waals surface area contributed by atoms with Crippen LogP contribution in [0.25, 0.3) is 33.2 Å². The molecule has 4 heterocycles. The molecule has 7 heteroatoms. The van der Waals surface area contributed by atoms with Crippen molar-refractivity contribution in [3.63, 3.8) is 0 Å². The van der Waals surface area contributed by atoms with Crippen molar-refractivity contribution >= 4 is 33.2 Å². The van der Waals surface area contributed by atoms with E-state index >= 15 is 0 Å².